The quantitative estimate of drug-likeness (QED) is 0.835. The highest BCUT2D eigenvalue weighted by atomic mass is 35.5. The molecule has 21 heavy (non-hydrogen) atoms. The molecule has 0 saturated carbocycles. The Labute approximate surface area is 136 Å². The smallest absolute Gasteiger partial charge is 0.137 e. The maximum absolute atomic E-state index is 6.24. The number of hydrogen-bond acceptors (Lipinski definition) is 2. The summed E-state index contributed by atoms with van der Waals surface area (Å²) in [5, 5.41) is 4.83. The van der Waals surface area contributed by atoms with E-state index in [0.717, 1.165) is 28.3 Å². The third-order valence-electron chi connectivity index (χ3n) is 3.32. The largest absolute Gasteiger partial charge is 0.495 e. The molecule has 2 aromatic carbocycles. The molecule has 0 aliphatic rings. The molecule has 0 aromatic heterocycles. The Morgan fingerprint density at radius 2 is 1.86 bits per heavy atom. The minimum absolute atomic E-state index is 0.0517. The predicted octanol–water partition coefficient (Wildman–Crippen LogP) is 5.01. The lowest BCUT2D eigenvalue weighted by Gasteiger charge is -2.20. The molecular formula is C17H19Cl2NO. The number of benzene rings is 2. The molecule has 4 heteroatoms. The lowest BCUT2D eigenvalue weighted by atomic mass is 9.97. The fourth-order valence-electron chi connectivity index (χ4n) is 2.43. The molecular weight excluding hydrogens is 305 g/mol. The first-order valence-corrected chi connectivity index (χ1v) is 7.64. The standard InChI is InChI=1S/C17H19Cl2NO/c1-4-20-17(13-7-11(2)8-14(18)9-13)12-5-6-16(21-3)15(19)10-12/h5-10,17,20H,4H2,1-3H3. The molecule has 0 aliphatic heterocycles. The van der Waals surface area contributed by atoms with Crippen molar-refractivity contribution < 1.29 is 4.74 Å². The fourth-order valence-corrected chi connectivity index (χ4v) is 2.99. The number of ether oxygens (including phenoxy) is 1. The van der Waals surface area contributed by atoms with Crippen molar-refractivity contribution in [2.45, 2.75) is 19.9 Å². The van der Waals surface area contributed by atoms with Gasteiger partial charge in [0.1, 0.15) is 5.75 Å². The minimum atomic E-state index is 0.0517. The summed E-state index contributed by atoms with van der Waals surface area (Å²) in [5.41, 5.74) is 3.35. The Balaban J connectivity index is 2.45. The molecule has 2 aromatic rings. The second-order valence-electron chi connectivity index (χ2n) is 4.95. The topological polar surface area (TPSA) is 21.3 Å². The zero-order valence-corrected chi connectivity index (χ0v) is 13.9. The molecule has 0 spiro atoms. The molecule has 0 radical (unpaired) electrons. The molecule has 0 bridgehead atoms. The van der Waals surface area contributed by atoms with Crippen molar-refractivity contribution in [2.75, 3.05) is 13.7 Å². The third-order valence-corrected chi connectivity index (χ3v) is 3.83. The van der Waals surface area contributed by atoms with Crippen molar-refractivity contribution in [2.24, 2.45) is 0 Å². The van der Waals surface area contributed by atoms with Crippen LogP contribution in [0.3, 0.4) is 0 Å². The highest BCUT2D eigenvalue weighted by Gasteiger charge is 2.15. The van der Waals surface area contributed by atoms with Gasteiger partial charge in [-0.1, -0.05) is 42.3 Å². The van der Waals surface area contributed by atoms with Gasteiger partial charge in [0.2, 0.25) is 0 Å². The molecule has 0 saturated heterocycles. The van der Waals surface area contributed by atoms with E-state index in [1.165, 1.54) is 0 Å². The van der Waals surface area contributed by atoms with Gasteiger partial charge in [0.05, 0.1) is 18.2 Å². The van der Waals surface area contributed by atoms with Crippen molar-refractivity contribution in [3.63, 3.8) is 0 Å². The maximum Gasteiger partial charge on any atom is 0.137 e. The van der Waals surface area contributed by atoms with Gasteiger partial charge in [-0.25, -0.2) is 0 Å². The van der Waals surface area contributed by atoms with Crippen molar-refractivity contribution in [3.05, 3.63) is 63.1 Å². The SMILES string of the molecule is CCNC(c1cc(C)cc(Cl)c1)c1ccc(OC)c(Cl)c1. The summed E-state index contributed by atoms with van der Waals surface area (Å²) in [6.45, 7) is 4.97. The van der Waals surface area contributed by atoms with Crippen molar-refractivity contribution in [1.29, 1.82) is 0 Å². The summed E-state index contributed by atoms with van der Waals surface area (Å²) in [6, 6.07) is 12.0. The third kappa shape index (κ3) is 3.91. The predicted molar refractivity (Wildman–Crippen MR) is 89.7 cm³/mol. The first-order chi connectivity index (χ1) is 10.0. The van der Waals surface area contributed by atoms with E-state index in [4.69, 9.17) is 27.9 Å². The average Bonchev–Trinajstić information content (AvgIpc) is 2.43. The van der Waals surface area contributed by atoms with Crippen LogP contribution in [0.2, 0.25) is 10.0 Å². The molecule has 2 nitrogen and oxygen atoms in total. The molecule has 1 N–H and O–H groups in total. The zero-order valence-electron chi connectivity index (χ0n) is 12.4. The highest BCUT2D eigenvalue weighted by Crippen LogP contribution is 2.31. The lowest BCUT2D eigenvalue weighted by molar-refractivity contribution is 0.414. The van der Waals surface area contributed by atoms with Crippen LogP contribution in [0.4, 0.5) is 0 Å². The van der Waals surface area contributed by atoms with Crippen LogP contribution in [0, 0.1) is 6.92 Å². The number of rotatable bonds is 5. The maximum atomic E-state index is 6.24. The fraction of sp³-hybridized carbons (Fsp3) is 0.294. The Bertz CT molecular complexity index is 608. The molecule has 2 rings (SSSR count). The van der Waals surface area contributed by atoms with E-state index in [1.54, 1.807) is 7.11 Å². The van der Waals surface area contributed by atoms with Gasteiger partial charge in [-0.15, -0.1) is 0 Å². The van der Waals surface area contributed by atoms with Gasteiger partial charge in [-0.05, 0) is 54.4 Å². The lowest BCUT2D eigenvalue weighted by Crippen LogP contribution is -2.22. The summed E-state index contributed by atoms with van der Waals surface area (Å²) in [7, 11) is 1.61. The van der Waals surface area contributed by atoms with Gasteiger partial charge in [-0.3, -0.25) is 0 Å². The average molecular weight is 324 g/mol. The van der Waals surface area contributed by atoms with E-state index in [9.17, 15) is 0 Å². The van der Waals surface area contributed by atoms with Crippen LogP contribution in [0.5, 0.6) is 5.75 Å². The van der Waals surface area contributed by atoms with Crippen molar-refractivity contribution in [3.8, 4) is 5.75 Å². The van der Waals surface area contributed by atoms with Gasteiger partial charge in [0, 0.05) is 5.02 Å². The van der Waals surface area contributed by atoms with E-state index >= 15 is 0 Å². The summed E-state index contributed by atoms with van der Waals surface area (Å²) in [5.74, 6) is 0.679. The molecule has 0 fully saturated rings. The number of halogens is 2. The van der Waals surface area contributed by atoms with Crippen LogP contribution >= 0.6 is 23.2 Å². The van der Waals surface area contributed by atoms with Crippen molar-refractivity contribution in [1.82, 2.24) is 5.32 Å². The van der Waals surface area contributed by atoms with Crippen LogP contribution < -0.4 is 10.1 Å². The molecule has 0 amide bonds. The highest BCUT2D eigenvalue weighted by molar-refractivity contribution is 6.32. The zero-order chi connectivity index (χ0) is 15.4. The Hall–Kier alpha value is -1.22. The number of nitrogens with one attached hydrogen (secondary N) is 1. The molecule has 0 heterocycles. The summed E-state index contributed by atoms with van der Waals surface area (Å²) >= 11 is 12.4. The van der Waals surface area contributed by atoms with E-state index in [0.29, 0.717) is 10.8 Å². The van der Waals surface area contributed by atoms with Crippen molar-refractivity contribution >= 4 is 23.2 Å². The van der Waals surface area contributed by atoms with Crippen LogP contribution in [0.1, 0.15) is 29.7 Å². The molecule has 1 unspecified atom stereocenters. The Kier molecular flexibility index (Phi) is 5.51. The van der Waals surface area contributed by atoms with Crippen LogP contribution in [-0.2, 0) is 0 Å². The second-order valence-corrected chi connectivity index (χ2v) is 5.79. The summed E-state index contributed by atoms with van der Waals surface area (Å²) < 4.78 is 5.21. The first kappa shape index (κ1) is 16.2. The Morgan fingerprint density at radius 1 is 1.10 bits per heavy atom. The molecule has 112 valence electrons. The molecule has 0 aliphatic carbocycles. The van der Waals surface area contributed by atoms with Gasteiger partial charge >= 0.3 is 0 Å². The minimum Gasteiger partial charge on any atom is -0.495 e. The van der Waals surface area contributed by atoms with Gasteiger partial charge in [0.15, 0.2) is 0 Å². The van der Waals surface area contributed by atoms with Crippen LogP contribution in [0.15, 0.2) is 36.4 Å². The van der Waals surface area contributed by atoms with E-state index in [1.807, 2.05) is 37.3 Å². The summed E-state index contributed by atoms with van der Waals surface area (Å²) in [4.78, 5) is 0. The molecule has 1 atom stereocenters. The van der Waals surface area contributed by atoms with Gasteiger partial charge in [0.25, 0.3) is 0 Å². The van der Waals surface area contributed by atoms with Crippen LogP contribution in [0.25, 0.3) is 0 Å². The van der Waals surface area contributed by atoms with Crippen LogP contribution in [-0.4, -0.2) is 13.7 Å². The normalized spacial score (nSPS) is 12.2. The van der Waals surface area contributed by atoms with E-state index < -0.39 is 0 Å². The first-order valence-electron chi connectivity index (χ1n) is 6.89. The monoisotopic (exact) mass is 323 g/mol. The number of methoxy groups -OCH3 is 1. The van der Waals surface area contributed by atoms with E-state index in [-0.39, 0.29) is 6.04 Å². The number of aryl methyl sites for hydroxylation is 1. The number of hydrogen-bond donors (Lipinski definition) is 1. The second kappa shape index (κ2) is 7.17. The van der Waals surface area contributed by atoms with Gasteiger partial charge < -0.3 is 10.1 Å². The Morgan fingerprint density at radius 3 is 2.43 bits per heavy atom. The van der Waals surface area contributed by atoms with E-state index in [2.05, 4.69) is 18.3 Å². The summed E-state index contributed by atoms with van der Waals surface area (Å²) in [6.07, 6.45) is 0. The van der Waals surface area contributed by atoms with Gasteiger partial charge in [-0.2, -0.15) is 0 Å².